The normalized spacial score (nSPS) is 15.8. The number of ether oxygens (including phenoxy) is 2. The molecule has 1 atom stereocenters. The van der Waals surface area contributed by atoms with Crippen LogP contribution in [0.2, 0.25) is 0 Å². The van der Waals surface area contributed by atoms with Gasteiger partial charge in [0.25, 0.3) is 5.91 Å². The number of methoxy groups -OCH3 is 1. The Hall–Kier alpha value is -3.76. The van der Waals surface area contributed by atoms with Crippen LogP contribution in [-0.2, 0) is 9.53 Å². The van der Waals surface area contributed by atoms with Gasteiger partial charge in [0.2, 0.25) is 0 Å². The Labute approximate surface area is 209 Å². The molecular weight excluding hydrogens is 486 g/mol. The zero-order valence-corrected chi connectivity index (χ0v) is 20.8. The van der Waals surface area contributed by atoms with E-state index in [9.17, 15) is 14.7 Å². The summed E-state index contributed by atoms with van der Waals surface area (Å²) in [5, 5.41) is 11.9. The fourth-order valence-electron chi connectivity index (χ4n) is 4.01. The molecule has 0 bridgehead atoms. The summed E-state index contributed by atoms with van der Waals surface area (Å²) in [6.45, 7) is 3.64. The molecule has 4 aromatic rings. The highest BCUT2D eigenvalue weighted by molar-refractivity contribution is 7.19. The van der Waals surface area contributed by atoms with E-state index in [0.29, 0.717) is 32.5 Å². The van der Waals surface area contributed by atoms with E-state index in [2.05, 4.69) is 4.98 Å². The minimum atomic E-state index is -0.723. The van der Waals surface area contributed by atoms with Crippen molar-refractivity contribution in [1.29, 1.82) is 0 Å². The fourth-order valence-corrected chi connectivity index (χ4v) is 6.03. The molecule has 2 aromatic carbocycles. The third-order valence-corrected chi connectivity index (χ3v) is 7.80. The van der Waals surface area contributed by atoms with Crippen LogP contribution in [-0.4, -0.2) is 40.7 Å². The van der Waals surface area contributed by atoms with E-state index in [0.717, 1.165) is 21.6 Å². The summed E-state index contributed by atoms with van der Waals surface area (Å²) >= 11 is 2.45. The highest BCUT2D eigenvalue weighted by atomic mass is 32.1. The Balaban J connectivity index is 1.68. The van der Waals surface area contributed by atoms with Crippen molar-refractivity contribution in [3.05, 3.63) is 75.4 Å². The maximum atomic E-state index is 13.5. The quantitative estimate of drug-likeness (QED) is 0.353. The molecule has 178 valence electrons. The number of hydrogen-bond acceptors (Lipinski definition) is 9. The summed E-state index contributed by atoms with van der Waals surface area (Å²) < 4.78 is 11.5. The molecular formula is C25H21N3O5S2. The average Bonchev–Trinajstić information content (AvgIpc) is 3.53. The predicted octanol–water partition coefficient (Wildman–Crippen LogP) is 5.30. The molecule has 0 fully saturated rings. The highest BCUT2D eigenvalue weighted by Crippen LogP contribution is 2.48. The lowest BCUT2D eigenvalue weighted by Gasteiger charge is -2.24. The molecule has 1 aliphatic heterocycles. The monoisotopic (exact) mass is 507 g/mol. The topological polar surface area (TPSA) is 102 Å². The standard InChI is InChI=1S/C25H21N3O5S2/c1-4-33-24(31)21-13(2)26-25(35-21)28-19(14-8-7-9-15(12-14)32-3)18(20(29)23(28)30)22-27-16-10-5-6-11-17(16)34-22/h5-12,19,29H,4H2,1-3H3. The van der Waals surface area contributed by atoms with Gasteiger partial charge in [-0.25, -0.2) is 14.8 Å². The fraction of sp³-hybridized carbons (Fsp3) is 0.200. The van der Waals surface area contributed by atoms with Crippen molar-refractivity contribution in [3.8, 4) is 5.75 Å². The summed E-state index contributed by atoms with van der Waals surface area (Å²) in [5.41, 5.74) is 2.32. The maximum Gasteiger partial charge on any atom is 0.350 e. The van der Waals surface area contributed by atoms with E-state index in [1.807, 2.05) is 42.5 Å². The number of amides is 1. The maximum absolute atomic E-state index is 13.5. The number of aliphatic hydroxyl groups is 1. The number of benzene rings is 2. The van der Waals surface area contributed by atoms with Crippen molar-refractivity contribution in [3.63, 3.8) is 0 Å². The third kappa shape index (κ3) is 3.94. The van der Waals surface area contributed by atoms with E-state index in [-0.39, 0.29) is 11.7 Å². The zero-order chi connectivity index (χ0) is 24.7. The number of nitrogens with zero attached hydrogens (tertiary/aromatic N) is 3. The van der Waals surface area contributed by atoms with Gasteiger partial charge >= 0.3 is 5.97 Å². The minimum Gasteiger partial charge on any atom is -0.503 e. The number of rotatable bonds is 6. The lowest BCUT2D eigenvalue weighted by atomic mass is 9.99. The Bertz CT molecular complexity index is 1460. The minimum absolute atomic E-state index is 0.227. The summed E-state index contributed by atoms with van der Waals surface area (Å²) in [7, 11) is 1.56. The predicted molar refractivity (Wildman–Crippen MR) is 135 cm³/mol. The largest absolute Gasteiger partial charge is 0.503 e. The molecule has 0 saturated carbocycles. The van der Waals surface area contributed by atoms with Gasteiger partial charge in [-0.1, -0.05) is 35.6 Å². The third-order valence-electron chi connectivity index (χ3n) is 5.59. The number of aromatic nitrogens is 2. The van der Waals surface area contributed by atoms with Crippen molar-refractivity contribution < 1.29 is 24.2 Å². The second-order valence-electron chi connectivity index (χ2n) is 7.73. The number of hydrogen-bond donors (Lipinski definition) is 1. The Kier molecular flexibility index (Phi) is 6.00. The van der Waals surface area contributed by atoms with Crippen molar-refractivity contribution in [1.82, 2.24) is 9.97 Å². The first-order valence-electron chi connectivity index (χ1n) is 10.8. The van der Waals surface area contributed by atoms with Crippen LogP contribution >= 0.6 is 22.7 Å². The smallest absolute Gasteiger partial charge is 0.350 e. The summed E-state index contributed by atoms with van der Waals surface area (Å²) in [4.78, 5) is 36.8. The van der Waals surface area contributed by atoms with Crippen LogP contribution in [0.15, 0.2) is 54.3 Å². The number of thiazole rings is 2. The molecule has 1 amide bonds. The van der Waals surface area contributed by atoms with E-state index < -0.39 is 23.7 Å². The summed E-state index contributed by atoms with van der Waals surface area (Å²) in [6, 6.07) is 14.2. The van der Waals surface area contributed by atoms with Crippen LogP contribution in [0.5, 0.6) is 5.75 Å². The molecule has 1 aliphatic rings. The molecule has 1 unspecified atom stereocenters. The first kappa shape index (κ1) is 23.0. The molecule has 0 saturated heterocycles. The first-order chi connectivity index (χ1) is 16.9. The Morgan fingerprint density at radius 1 is 1.14 bits per heavy atom. The van der Waals surface area contributed by atoms with Gasteiger partial charge in [-0.2, -0.15) is 0 Å². The Morgan fingerprint density at radius 3 is 2.69 bits per heavy atom. The molecule has 2 aromatic heterocycles. The van der Waals surface area contributed by atoms with Gasteiger partial charge < -0.3 is 14.6 Å². The molecule has 1 N–H and O–H groups in total. The van der Waals surface area contributed by atoms with Crippen LogP contribution < -0.4 is 9.64 Å². The van der Waals surface area contributed by atoms with Crippen molar-refractivity contribution in [2.75, 3.05) is 18.6 Å². The molecule has 3 heterocycles. The van der Waals surface area contributed by atoms with Crippen molar-refractivity contribution in [2.45, 2.75) is 19.9 Å². The van der Waals surface area contributed by atoms with Gasteiger partial charge in [0, 0.05) is 0 Å². The van der Waals surface area contributed by atoms with Gasteiger partial charge in [0.1, 0.15) is 15.6 Å². The molecule has 10 heteroatoms. The number of fused-ring (bicyclic) bond motifs is 1. The lowest BCUT2D eigenvalue weighted by molar-refractivity contribution is -0.117. The van der Waals surface area contributed by atoms with Gasteiger partial charge in [-0.15, -0.1) is 11.3 Å². The van der Waals surface area contributed by atoms with E-state index >= 15 is 0 Å². The van der Waals surface area contributed by atoms with E-state index in [4.69, 9.17) is 14.5 Å². The van der Waals surface area contributed by atoms with Crippen LogP contribution in [0.1, 0.15) is 38.9 Å². The van der Waals surface area contributed by atoms with Gasteiger partial charge in [-0.3, -0.25) is 9.69 Å². The number of carbonyl (C=O) groups excluding carboxylic acids is 2. The number of aryl methyl sites for hydroxylation is 1. The number of carbonyl (C=O) groups is 2. The van der Waals surface area contributed by atoms with Crippen LogP contribution in [0.4, 0.5) is 5.13 Å². The Morgan fingerprint density at radius 2 is 1.94 bits per heavy atom. The second kappa shape index (κ2) is 9.12. The number of para-hydroxylation sites is 1. The molecule has 0 radical (unpaired) electrons. The van der Waals surface area contributed by atoms with E-state index in [1.54, 1.807) is 27.0 Å². The molecule has 5 rings (SSSR count). The average molecular weight is 508 g/mol. The zero-order valence-electron chi connectivity index (χ0n) is 19.1. The van der Waals surface area contributed by atoms with E-state index in [1.165, 1.54) is 16.2 Å². The van der Waals surface area contributed by atoms with Gasteiger partial charge in [-0.05, 0) is 43.7 Å². The molecule has 35 heavy (non-hydrogen) atoms. The van der Waals surface area contributed by atoms with Crippen LogP contribution in [0.25, 0.3) is 15.8 Å². The highest BCUT2D eigenvalue weighted by Gasteiger charge is 2.45. The molecule has 8 nitrogen and oxygen atoms in total. The number of aliphatic hydroxyl groups excluding tert-OH is 1. The van der Waals surface area contributed by atoms with Gasteiger partial charge in [0.15, 0.2) is 10.9 Å². The summed E-state index contributed by atoms with van der Waals surface area (Å²) in [6.07, 6.45) is 0. The van der Waals surface area contributed by atoms with Crippen molar-refractivity contribution >= 4 is 55.5 Å². The second-order valence-corrected chi connectivity index (χ2v) is 9.74. The lowest BCUT2D eigenvalue weighted by Crippen LogP contribution is -2.30. The van der Waals surface area contributed by atoms with Gasteiger partial charge in [0.05, 0.1) is 41.2 Å². The molecule has 0 spiro atoms. The SMILES string of the molecule is CCOC(=O)c1sc(N2C(=O)C(O)=C(c3nc4ccccc4s3)C2c2cccc(OC)c2)nc1C. The van der Waals surface area contributed by atoms with Crippen LogP contribution in [0, 0.1) is 6.92 Å². The number of esters is 1. The number of anilines is 1. The first-order valence-corrected chi connectivity index (χ1v) is 12.5. The van der Waals surface area contributed by atoms with Crippen LogP contribution in [0.3, 0.4) is 0 Å². The summed E-state index contributed by atoms with van der Waals surface area (Å²) in [5.74, 6) is -0.909. The molecule has 0 aliphatic carbocycles. The van der Waals surface area contributed by atoms with Crippen molar-refractivity contribution in [2.24, 2.45) is 0 Å².